The second kappa shape index (κ2) is 15.0. The van der Waals surface area contributed by atoms with Crippen molar-refractivity contribution in [3.05, 3.63) is 70.7 Å². The number of nitrogens with one attached hydrogen (secondary N) is 2. The first kappa shape index (κ1) is 32.7. The van der Waals surface area contributed by atoms with Crippen molar-refractivity contribution < 1.29 is 23.9 Å². The van der Waals surface area contributed by atoms with E-state index in [1.54, 1.807) is 24.3 Å². The molecule has 2 aromatic rings. The van der Waals surface area contributed by atoms with Crippen LogP contribution in [0, 0.1) is 5.92 Å². The highest BCUT2D eigenvalue weighted by molar-refractivity contribution is 6.30. The molecule has 232 valence electrons. The first-order valence-electron chi connectivity index (χ1n) is 15.4. The van der Waals surface area contributed by atoms with Gasteiger partial charge in [0, 0.05) is 34.3 Å². The van der Waals surface area contributed by atoms with E-state index in [1.807, 2.05) is 30.1 Å². The zero-order chi connectivity index (χ0) is 30.9. The summed E-state index contributed by atoms with van der Waals surface area (Å²) in [5.74, 6) is -0.158. The average Bonchev–Trinajstić information content (AvgIpc) is 3.79. The van der Waals surface area contributed by atoms with Crippen LogP contribution in [-0.4, -0.2) is 63.1 Å². The second-order valence-corrected chi connectivity index (χ2v) is 14.7. The van der Waals surface area contributed by atoms with Gasteiger partial charge in [0.1, 0.15) is 18.9 Å². The quantitative estimate of drug-likeness (QED) is 0.241. The van der Waals surface area contributed by atoms with Gasteiger partial charge in [-0.3, -0.25) is 9.59 Å². The number of benzene rings is 2. The molecule has 0 heterocycles. The molecule has 0 aliphatic heterocycles. The van der Waals surface area contributed by atoms with E-state index in [-0.39, 0.29) is 30.9 Å². The Hall–Kier alpha value is -3.17. The van der Waals surface area contributed by atoms with Crippen LogP contribution in [0.1, 0.15) is 75.3 Å². The number of halogens is 1. The SMILES string of the molecule is CN(C(=O)CCC([SiH3])(C=O)NC(=O)[C@H](CC1CCCCC1)NC(=O)OCc1cccc(Cl)c1)C1(Cc2ccccc2)CC1. The van der Waals surface area contributed by atoms with Crippen LogP contribution >= 0.6 is 11.6 Å². The predicted octanol–water partition coefficient (Wildman–Crippen LogP) is 4.30. The minimum Gasteiger partial charge on any atom is -0.445 e. The molecule has 8 nitrogen and oxygen atoms in total. The molecule has 2 fully saturated rings. The standard InChI is InChI=1S/C33H44ClN3O5Si/c1-37(32(17-18-32)21-25-11-6-3-7-12-25)29(39)15-16-33(43,23-38)36-30(40)28(20-24-9-4-2-5-10-24)35-31(41)42-22-26-13-8-14-27(34)19-26/h3,6-8,11-14,19,23-24,28H,2,4-5,9-10,15-18,20-22H2,1,43H3,(H,35,41)(H,36,40)/t28-,33?/m0/s1. The first-order valence-corrected chi connectivity index (χ1v) is 16.8. The number of hydrogen-bond donors (Lipinski definition) is 2. The van der Waals surface area contributed by atoms with Gasteiger partial charge in [0.25, 0.3) is 0 Å². The molecule has 0 aromatic heterocycles. The predicted molar refractivity (Wildman–Crippen MR) is 171 cm³/mol. The number of carbonyl (C=O) groups is 4. The molecule has 4 rings (SSSR count). The Morgan fingerprint density at radius 1 is 1.09 bits per heavy atom. The van der Waals surface area contributed by atoms with Gasteiger partial charge in [0.05, 0.1) is 5.16 Å². The molecule has 2 saturated carbocycles. The van der Waals surface area contributed by atoms with Crippen molar-refractivity contribution in [3.63, 3.8) is 0 Å². The number of aldehydes is 1. The topological polar surface area (TPSA) is 105 Å². The van der Waals surface area contributed by atoms with E-state index >= 15 is 0 Å². The molecular weight excluding hydrogens is 582 g/mol. The van der Waals surface area contributed by atoms with E-state index in [9.17, 15) is 19.2 Å². The third-order valence-electron chi connectivity index (χ3n) is 8.98. The normalized spacial score (nSPS) is 18.1. The Balaban J connectivity index is 1.34. The molecule has 0 radical (unpaired) electrons. The van der Waals surface area contributed by atoms with Crippen molar-refractivity contribution in [2.45, 2.75) is 94.0 Å². The molecule has 0 saturated heterocycles. The van der Waals surface area contributed by atoms with E-state index in [2.05, 4.69) is 22.8 Å². The summed E-state index contributed by atoms with van der Waals surface area (Å²) in [5, 5.41) is 5.07. The molecule has 2 aliphatic rings. The highest BCUT2D eigenvalue weighted by Crippen LogP contribution is 2.44. The largest absolute Gasteiger partial charge is 0.445 e. The third-order valence-corrected chi connectivity index (χ3v) is 10.2. The molecule has 10 heteroatoms. The van der Waals surface area contributed by atoms with Crippen LogP contribution in [0.25, 0.3) is 0 Å². The molecule has 0 spiro atoms. The maximum atomic E-state index is 13.6. The summed E-state index contributed by atoms with van der Waals surface area (Å²) in [5.41, 5.74) is 1.75. The number of hydrogen-bond acceptors (Lipinski definition) is 5. The Kier molecular flexibility index (Phi) is 11.4. The van der Waals surface area contributed by atoms with Crippen LogP contribution < -0.4 is 10.6 Å². The Morgan fingerprint density at radius 2 is 1.79 bits per heavy atom. The fraction of sp³-hybridized carbons (Fsp3) is 0.515. The molecule has 2 N–H and O–H groups in total. The van der Waals surface area contributed by atoms with E-state index in [0.29, 0.717) is 27.6 Å². The summed E-state index contributed by atoms with van der Waals surface area (Å²) in [6.07, 6.45) is 8.93. The number of ether oxygens (including phenoxy) is 1. The van der Waals surface area contributed by atoms with Crippen molar-refractivity contribution in [2.75, 3.05) is 7.05 Å². The fourth-order valence-electron chi connectivity index (χ4n) is 6.02. The van der Waals surface area contributed by atoms with Gasteiger partial charge in [-0.15, -0.1) is 0 Å². The summed E-state index contributed by atoms with van der Waals surface area (Å²) >= 11 is 6.03. The molecule has 2 atom stereocenters. The molecule has 1 unspecified atom stereocenters. The number of carbonyl (C=O) groups excluding carboxylic acids is 4. The second-order valence-electron chi connectivity index (χ2n) is 12.5. The lowest BCUT2D eigenvalue weighted by Gasteiger charge is -2.32. The van der Waals surface area contributed by atoms with E-state index in [0.717, 1.165) is 56.8 Å². The van der Waals surface area contributed by atoms with E-state index in [1.165, 1.54) is 12.0 Å². The summed E-state index contributed by atoms with van der Waals surface area (Å²) < 4.78 is 5.40. The molecular formula is C33H44ClN3O5Si. The van der Waals surface area contributed by atoms with E-state index < -0.39 is 23.2 Å². The monoisotopic (exact) mass is 625 g/mol. The maximum Gasteiger partial charge on any atom is 0.408 e. The first-order chi connectivity index (χ1) is 20.6. The Bertz CT molecular complexity index is 1270. The molecule has 43 heavy (non-hydrogen) atoms. The number of alkyl carbamates (subject to hydrolysis) is 1. The summed E-state index contributed by atoms with van der Waals surface area (Å²) in [6.45, 7) is 0.0184. The van der Waals surface area contributed by atoms with Crippen molar-refractivity contribution in [2.24, 2.45) is 5.92 Å². The van der Waals surface area contributed by atoms with Crippen LogP contribution in [0.3, 0.4) is 0 Å². The van der Waals surface area contributed by atoms with Crippen LogP contribution in [-0.2, 0) is 32.1 Å². The Labute approximate surface area is 262 Å². The zero-order valence-corrected chi connectivity index (χ0v) is 28.0. The van der Waals surface area contributed by atoms with Crippen molar-refractivity contribution in [1.82, 2.24) is 15.5 Å². The van der Waals surface area contributed by atoms with Gasteiger partial charge in [-0.1, -0.05) is 86.2 Å². The van der Waals surface area contributed by atoms with Crippen LogP contribution in [0.4, 0.5) is 4.79 Å². The zero-order valence-electron chi connectivity index (χ0n) is 25.3. The van der Waals surface area contributed by atoms with Gasteiger partial charge in [-0.2, -0.15) is 0 Å². The van der Waals surface area contributed by atoms with Gasteiger partial charge in [0.15, 0.2) is 0 Å². The van der Waals surface area contributed by atoms with Gasteiger partial charge < -0.3 is 25.1 Å². The third kappa shape index (κ3) is 9.66. The number of amides is 3. The summed E-state index contributed by atoms with van der Waals surface area (Å²) in [7, 11) is 2.16. The lowest BCUT2D eigenvalue weighted by atomic mass is 9.84. The number of nitrogens with zero attached hydrogens (tertiary/aromatic N) is 1. The average molecular weight is 626 g/mol. The molecule has 2 aliphatic carbocycles. The molecule has 0 bridgehead atoms. The van der Waals surface area contributed by atoms with Crippen molar-refractivity contribution in [1.29, 1.82) is 0 Å². The van der Waals surface area contributed by atoms with Crippen molar-refractivity contribution >= 4 is 46.0 Å². The lowest BCUT2D eigenvalue weighted by molar-refractivity contribution is -0.134. The highest BCUT2D eigenvalue weighted by Gasteiger charge is 2.48. The summed E-state index contributed by atoms with van der Waals surface area (Å²) in [4.78, 5) is 53.7. The van der Waals surface area contributed by atoms with Gasteiger partial charge in [0.2, 0.25) is 11.8 Å². The number of likely N-dealkylation sites (N-methyl/N-ethyl adjacent to an activating group) is 1. The van der Waals surface area contributed by atoms with Crippen LogP contribution in [0.15, 0.2) is 54.6 Å². The van der Waals surface area contributed by atoms with Gasteiger partial charge in [-0.25, -0.2) is 4.79 Å². The van der Waals surface area contributed by atoms with Crippen LogP contribution in [0.2, 0.25) is 5.02 Å². The lowest BCUT2D eigenvalue weighted by Crippen LogP contribution is -2.57. The highest BCUT2D eigenvalue weighted by atomic mass is 35.5. The van der Waals surface area contributed by atoms with Gasteiger partial charge >= 0.3 is 6.09 Å². The summed E-state index contributed by atoms with van der Waals surface area (Å²) in [6, 6.07) is 16.3. The molecule has 2 aromatic carbocycles. The maximum absolute atomic E-state index is 13.6. The minimum atomic E-state index is -1.12. The number of rotatable bonds is 14. The fourth-order valence-corrected chi connectivity index (χ4v) is 6.73. The minimum absolute atomic E-state index is 0.0184. The smallest absolute Gasteiger partial charge is 0.408 e. The Morgan fingerprint density at radius 3 is 2.44 bits per heavy atom. The van der Waals surface area contributed by atoms with E-state index in [4.69, 9.17) is 16.3 Å². The van der Waals surface area contributed by atoms with Gasteiger partial charge in [-0.05, 0) is 61.3 Å². The molecule has 3 amide bonds. The van der Waals surface area contributed by atoms with Crippen LogP contribution in [0.5, 0.6) is 0 Å². The van der Waals surface area contributed by atoms with Crippen molar-refractivity contribution in [3.8, 4) is 0 Å².